The molecule has 6 heteroatoms. The monoisotopic (exact) mass is 250 g/mol. The van der Waals surface area contributed by atoms with Crippen molar-refractivity contribution in [3.8, 4) is 0 Å². The summed E-state index contributed by atoms with van der Waals surface area (Å²) in [5, 5.41) is 13.5. The Bertz CT molecular complexity index is 454. The first kappa shape index (κ1) is 13.7. The molecule has 0 saturated heterocycles. The van der Waals surface area contributed by atoms with E-state index in [0.29, 0.717) is 11.3 Å². The lowest BCUT2D eigenvalue weighted by molar-refractivity contribution is -0.136. The molecule has 0 aliphatic carbocycles. The number of carboxylic acids is 1. The van der Waals surface area contributed by atoms with E-state index in [2.05, 4.69) is 10.6 Å². The Balaban J connectivity index is 2.50. The van der Waals surface area contributed by atoms with Gasteiger partial charge < -0.3 is 15.7 Å². The van der Waals surface area contributed by atoms with E-state index >= 15 is 0 Å². The molecule has 0 spiro atoms. The van der Waals surface area contributed by atoms with Crippen molar-refractivity contribution in [2.45, 2.75) is 13.3 Å². The van der Waals surface area contributed by atoms with Crippen LogP contribution in [0, 0.1) is 0 Å². The van der Waals surface area contributed by atoms with Gasteiger partial charge in [0.05, 0.1) is 13.0 Å². The van der Waals surface area contributed by atoms with E-state index in [1.165, 1.54) is 6.92 Å². The van der Waals surface area contributed by atoms with Gasteiger partial charge >= 0.3 is 5.97 Å². The molecular weight excluding hydrogens is 236 g/mol. The van der Waals surface area contributed by atoms with Crippen LogP contribution in [0.1, 0.15) is 12.5 Å². The molecule has 0 unspecified atom stereocenters. The van der Waals surface area contributed by atoms with E-state index in [9.17, 15) is 14.4 Å². The van der Waals surface area contributed by atoms with Crippen molar-refractivity contribution in [3.63, 3.8) is 0 Å². The van der Waals surface area contributed by atoms with Crippen molar-refractivity contribution < 1.29 is 19.5 Å². The minimum Gasteiger partial charge on any atom is -0.481 e. The van der Waals surface area contributed by atoms with E-state index in [1.54, 1.807) is 24.3 Å². The van der Waals surface area contributed by atoms with E-state index < -0.39 is 5.97 Å². The maximum atomic E-state index is 11.4. The molecule has 2 amide bonds. The summed E-state index contributed by atoms with van der Waals surface area (Å²) in [5.74, 6) is -1.52. The van der Waals surface area contributed by atoms with Crippen molar-refractivity contribution in [3.05, 3.63) is 29.8 Å². The molecule has 0 heterocycles. The van der Waals surface area contributed by atoms with Gasteiger partial charge in [0.1, 0.15) is 0 Å². The predicted octanol–water partition coefficient (Wildman–Crippen LogP) is 0.388. The minimum atomic E-state index is -0.905. The Morgan fingerprint density at radius 3 is 2.28 bits per heavy atom. The van der Waals surface area contributed by atoms with E-state index in [4.69, 9.17) is 5.11 Å². The fourth-order valence-electron chi connectivity index (χ4n) is 1.29. The van der Waals surface area contributed by atoms with Crippen LogP contribution in [0.3, 0.4) is 0 Å². The summed E-state index contributed by atoms with van der Waals surface area (Å²) >= 11 is 0. The van der Waals surface area contributed by atoms with Gasteiger partial charge in [0.15, 0.2) is 0 Å². The zero-order valence-electron chi connectivity index (χ0n) is 9.90. The van der Waals surface area contributed by atoms with Gasteiger partial charge in [-0.15, -0.1) is 0 Å². The van der Waals surface area contributed by atoms with Crippen LogP contribution in [0.15, 0.2) is 24.3 Å². The Hall–Kier alpha value is -2.37. The molecule has 1 rings (SSSR count). The summed E-state index contributed by atoms with van der Waals surface area (Å²) < 4.78 is 0. The number of aliphatic carboxylic acids is 1. The van der Waals surface area contributed by atoms with Crippen molar-refractivity contribution >= 4 is 23.5 Å². The molecule has 0 aliphatic heterocycles. The molecule has 0 radical (unpaired) electrons. The molecule has 18 heavy (non-hydrogen) atoms. The van der Waals surface area contributed by atoms with Gasteiger partial charge in [-0.05, 0) is 17.7 Å². The molecule has 0 atom stereocenters. The Morgan fingerprint density at radius 2 is 1.78 bits per heavy atom. The highest BCUT2D eigenvalue weighted by Crippen LogP contribution is 2.09. The third-order valence-electron chi connectivity index (χ3n) is 2.09. The van der Waals surface area contributed by atoms with Crippen LogP contribution in [0.2, 0.25) is 0 Å². The summed E-state index contributed by atoms with van der Waals surface area (Å²) in [5.41, 5.74) is 1.21. The zero-order chi connectivity index (χ0) is 13.5. The largest absolute Gasteiger partial charge is 0.481 e. The third kappa shape index (κ3) is 5.11. The molecule has 0 fully saturated rings. The summed E-state index contributed by atoms with van der Waals surface area (Å²) in [6, 6.07) is 6.48. The van der Waals surface area contributed by atoms with E-state index in [1.807, 2.05) is 0 Å². The molecule has 0 aliphatic rings. The van der Waals surface area contributed by atoms with Crippen molar-refractivity contribution in [1.29, 1.82) is 0 Å². The van der Waals surface area contributed by atoms with Crippen LogP contribution in [0.25, 0.3) is 0 Å². The SMILES string of the molecule is CC(=O)NCC(=O)Nc1ccc(CC(=O)O)cc1. The van der Waals surface area contributed by atoms with Crippen LogP contribution in [0.4, 0.5) is 5.69 Å². The topological polar surface area (TPSA) is 95.5 Å². The van der Waals surface area contributed by atoms with Crippen LogP contribution in [-0.4, -0.2) is 29.4 Å². The molecule has 3 N–H and O–H groups in total. The number of anilines is 1. The Labute approximate surface area is 104 Å². The first-order chi connectivity index (χ1) is 8.47. The average Bonchev–Trinajstić information content (AvgIpc) is 2.28. The summed E-state index contributed by atoms with van der Waals surface area (Å²) in [6.45, 7) is 1.24. The van der Waals surface area contributed by atoms with Crippen molar-refractivity contribution in [2.24, 2.45) is 0 Å². The number of rotatable bonds is 5. The van der Waals surface area contributed by atoms with Gasteiger partial charge in [-0.2, -0.15) is 0 Å². The lowest BCUT2D eigenvalue weighted by atomic mass is 10.1. The second kappa shape index (κ2) is 6.39. The fraction of sp³-hybridized carbons (Fsp3) is 0.250. The third-order valence-corrected chi connectivity index (χ3v) is 2.09. The highest BCUT2D eigenvalue weighted by atomic mass is 16.4. The molecule has 0 aromatic heterocycles. The fourth-order valence-corrected chi connectivity index (χ4v) is 1.29. The number of nitrogens with one attached hydrogen (secondary N) is 2. The van der Waals surface area contributed by atoms with Crippen LogP contribution >= 0.6 is 0 Å². The van der Waals surface area contributed by atoms with Crippen molar-refractivity contribution in [1.82, 2.24) is 5.32 Å². The maximum Gasteiger partial charge on any atom is 0.307 e. The highest BCUT2D eigenvalue weighted by molar-refractivity contribution is 5.94. The molecule has 6 nitrogen and oxygen atoms in total. The highest BCUT2D eigenvalue weighted by Gasteiger charge is 2.04. The number of carbonyl (C=O) groups excluding carboxylic acids is 2. The molecule has 1 aromatic rings. The van der Waals surface area contributed by atoms with Gasteiger partial charge in [0.2, 0.25) is 11.8 Å². The summed E-state index contributed by atoms with van der Waals surface area (Å²) in [6.07, 6.45) is -0.0554. The van der Waals surface area contributed by atoms with Crippen molar-refractivity contribution in [2.75, 3.05) is 11.9 Å². The van der Waals surface area contributed by atoms with Crippen LogP contribution in [0.5, 0.6) is 0 Å². The number of hydrogen-bond donors (Lipinski definition) is 3. The first-order valence-corrected chi connectivity index (χ1v) is 5.32. The normalized spacial score (nSPS) is 9.61. The second-order valence-corrected chi connectivity index (χ2v) is 3.73. The standard InChI is InChI=1S/C12H14N2O4/c1-8(15)13-7-11(16)14-10-4-2-9(3-5-10)6-12(17)18/h2-5H,6-7H2,1H3,(H,13,15)(H,14,16)(H,17,18). The molecule has 0 saturated carbocycles. The number of amides is 2. The van der Waals surface area contributed by atoms with E-state index in [0.717, 1.165) is 0 Å². The molecule has 1 aromatic carbocycles. The number of carboxylic acid groups (broad SMARTS) is 1. The van der Waals surface area contributed by atoms with Gasteiger partial charge in [-0.25, -0.2) is 0 Å². The zero-order valence-corrected chi connectivity index (χ0v) is 9.90. The number of benzene rings is 1. The van der Waals surface area contributed by atoms with Crippen LogP contribution in [-0.2, 0) is 20.8 Å². The number of carbonyl (C=O) groups is 3. The lowest BCUT2D eigenvalue weighted by Gasteiger charge is -2.06. The smallest absolute Gasteiger partial charge is 0.307 e. The molecular formula is C12H14N2O4. The summed E-state index contributed by atoms with van der Waals surface area (Å²) in [7, 11) is 0. The molecule has 0 bridgehead atoms. The first-order valence-electron chi connectivity index (χ1n) is 5.32. The predicted molar refractivity (Wildman–Crippen MR) is 65.1 cm³/mol. The summed E-state index contributed by atoms with van der Waals surface area (Å²) in [4.78, 5) is 32.4. The van der Waals surface area contributed by atoms with Gasteiger partial charge in [-0.3, -0.25) is 14.4 Å². The van der Waals surface area contributed by atoms with Gasteiger partial charge in [-0.1, -0.05) is 12.1 Å². The second-order valence-electron chi connectivity index (χ2n) is 3.73. The Morgan fingerprint density at radius 1 is 1.17 bits per heavy atom. The molecule has 96 valence electrons. The average molecular weight is 250 g/mol. The number of hydrogen-bond acceptors (Lipinski definition) is 3. The van der Waals surface area contributed by atoms with Gasteiger partial charge in [0, 0.05) is 12.6 Å². The Kier molecular flexibility index (Phi) is 4.86. The van der Waals surface area contributed by atoms with Crippen LogP contribution < -0.4 is 10.6 Å². The quantitative estimate of drug-likeness (QED) is 0.704. The minimum absolute atomic E-state index is 0.0554. The van der Waals surface area contributed by atoms with Gasteiger partial charge in [0.25, 0.3) is 0 Å². The van der Waals surface area contributed by atoms with E-state index in [-0.39, 0.29) is 24.8 Å². The maximum absolute atomic E-state index is 11.4. The lowest BCUT2D eigenvalue weighted by Crippen LogP contribution is -2.31.